The summed E-state index contributed by atoms with van der Waals surface area (Å²) < 4.78 is 10.3. The molecule has 0 saturated carbocycles. The Bertz CT molecular complexity index is 1000. The zero-order chi connectivity index (χ0) is 20.7. The maximum atomic E-state index is 12.9. The second-order valence-electron chi connectivity index (χ2n) is 8.62. The number of benzene rings is 2. The summed E-state index contributed by atoms with van der Waals surface area (Å²) in [5.74, 6) is -0.402. The molecule has 3 aliphatic rings. The smallest absolute Gasteiger partial charge is 0.325 e. The SMILES string of the molecule is COC(=O)CNC(=O)[C@@]12COC[C@@H]1CN(Cc1ccc3c(c1)Cc1ccccc1-3)C2. The lowest BCUT2D eigenvalue weighted by Gasteiger charge is -2.26. The summed E-state index contributed by atoms with van der Waals surface area (Å²) in [5.41, 5.74) is 6.13. The van der Waals surface area contributed by atoms with Crippen LogP contribution in [0.15, 0.2) is 42.5 Å². The highest BCUT2D eigenvalue weighted by Gasteiger charge is 2.55. The minimum absolute atomic E-state index is 0.102. The molecule has 2 saturated heterocycles. The first-order chi connectivity index (χ1) is 14.6. The molecule has 5 rings (SSSR count). The van der Waals surface area contributed by atoms with Crippen molar-refractivity contribution < 1.29 is 19.1 Å². The fourth-order valence-corrected chi connectivity index (χ4v) is 5.24. The van der Waals surface area contributed by atoms with Crippen molar-refractivity contribution in [3.8, 4) is 11.1 Å². The molecular formula is C24H26N2O4. The van der Waals surface area contributed by atoms with E-state index in [1.807, 2.05) is 0 Å². The van der Waals surface area contributed by atoms with Gasteiger partial charge in [0.25, 0.3) is 0 Å². The molecule has 6 heteroatoms. The first-order valence-corrected chi connectivity index (χ1v) is 10.4. The first-order valence-electron chi connectivity index (χ1n) is 10.4. The van der Waals surface area contributed by atoms with Gasteiger partial charge >= 0.3 is 5.97 Å². The van der Waals surface area contributed by atoms with Crippen molar-refractivity contribution in [2.24, 2.45) is 11.3 Å². The van der Waals surface area contributed by atoms with Crippen LogP contribution in [0.25, 0.3) is 11.1 Å². The number of likely N-dealkylation sites (tertiary alicyclic amines) is 1. The van der Waals surface area contributed by atoms with Crippen LogP contribution in [0.4, 0.5) is 0 Å². The Morgan fingerprint density at radius 2 is 2.03 bits per heavy atom. The van der Waals surface area contributed by atoms with Crippen LogP contribution < -0.4 is 5.32 Å². The lowest BCUT2D eigenvalue weighted by atomic mass is 9.80. The van der Waals surface area contributed by atoms with Crippen molar-refractivity contribution >= 4 is 11.9 Å². The number of methoxy groups -OCH3 is 1. The fraction of sp³-hybridized carbons (Fsp3) is 0.417. The summed E-state index contributed by atoms with van der Waals surface area (Å²) >= 11 is 0. The Labute approximate surface area is 176 Å². The van der Waals surface area contributed by atoms with E-state index in [2.05, 4.69) is 57.4 Å². The van der Waals surface area contributed by atoms with Crippen LogP contribution >= 0.6 is 0 Å². The van der Waals surface area contributed by atoms with Crippen LogP contribution in [-0.4, -0.2) is 56.7 Å². The lowest BCUT2D eigenvalue weighted by molar-refractivity contribution is -0.143. The summed E-state index contributed by atoms with van der Waals surface area (Å²) in [6.07, 6.45) is 0.982. The molecule has 0 aromatic heterocycles. The van der Waals surface area contributed by atoms with Crippen LogP contribution in [0.5, 0.6) is 0 Å². The van der Waals surface area contributed by atoms with Gasteiger partial charge in [0, 0.05) is 25.6 Å². The number of rotatable bonds is 5. The molecule has 0 unspecified atom stereocenters. The van der Waals surface area contributed by atoms with Gasteiger partial charge in [0.1, 0.15) is 6.54 Å². The van der Waals surface area contributed by atoms with E-state index in [1.165, 1.54) is 34.9 Å². The maximum Gasteiger partial charge on any atom is 0.325 e. The predicted molar refractivity (Wildman–Crippen MR) is 112 cm³/mol. The molecule has 2 heterocycles. The number of hydrogen-bond acceptors (Lipinski definition) is 5. The van der Waals surface area contributed by atoms with Crippen LogP contribution in [0.2, 0.25) is 0 Å². The molecule has 0 spiro atoms. The number of esters is 1. The Balaban J connectivity index is 1.29. The molecule has 0 radical (unpaired) electrons. The van der Waals surface area contributed by atoms with Gasteiger partial charge in [-0.2, -0.15) is 0 Å². The van der Waals surface area contributed by atoms with Crippen molar-refractivity contribution in [1.29, 1.82) is 0 Å². The van der Waals surface area contributed by atoms with Gasteiger partial charge in [0.15, 0.2) is 0 Å². The Hall–Kier alpha value is -2.70. The van der Waals surface area contributed by atoms with E-state index in [0.29, 0.717) is 19.8 Å². The largest absolute Gasteiger partial charge is 0.468 e. The summed E-state index contributed by atoms with van der Waals surface area (Å²) in [6, 6.07) is 15.3. The average Bonchev–Trinajstić information content (AvgIpc) is 3.41. The standard InChI is InChI=1S/C24H26N2O4/c1-29-22(27)10-25-23(28)24-14-26(12-19(24)13-30-15-24)11-16-6-7-21-18(8-16)9-17-4-2-3-5-20(17)21/h2-8,19H,9-15H2,1H3,(H,25,28)/t19-,24-/m0/s1. The predicted octanol–water partition coefficient (Wildman–Crippen LogP) is 2.00. The Kier molecular flexibility index (Phi) is 4.83. The number of hydrogen-bond donors (Lipinski definition) is 1. The molecular weight excluding hydrogens is 380 g/mol. The number of carbonyl (C=O) groups is 2. The molecule has 1 amide bonds. The summed E-state index contributed by atoms with van der Waals surface area (Å²) in [5, 5.41) is 2.75. The zero-order valence-electron chi connectivity index (χ0n) is 17.1. The molecule has 1 N–H and O–H groups in total. The second kappa shape index (κ2) is 7.52. The molecule has 2 aromatic rings. The molecule has 2 aromatic carbocycles. The van der Waals surface area contributed by atoms with E-state index < -0.39 is 11.4 Å². The van der Waals surface area contributed by atoms with Gasteiger partial charge in [-0.25, -0.2) is 0 Å². The molecule has 2 aliphatic heterocycles. The van der Waals surface area contributed by atoms with E-state index in [0.717, 1.165) is 19.5 Å². The number of amides is 1. The minimum atomic E-state index is -0.582. The molecule has 1 aliphatic carbocycles. The lowest BCUT2D eigenvalue weighted by Crippen LogP contribution is -2.48. The summed E-state index contributed by atoms with van der Waals surface area (Å²) in [4.78, 5) is 26.7. The molecule has 2 atom stereocenters. The molecule has 30 heavy (non-hydrogen) atoms. The van der Waals surface area contributed by atoms with Crippen LogP contribution in [-0.2, 0) is 32.0 Å². The number of nitrogens with one attached hydrogen (secondary N) is 1. The first kappa shape index (κ1) is 19.3. The van der Waals surface area contributed by atoms with Gasteiger partial charge in [-0.15, -0.1) is 0 Å². The second-order valence-corrected chi connectivity index (χ2v) is 8.62. The van der Waals surface area contributed by atoms with Crippen LogP contribution in [0, 0.1) is 11.3 Å². The number of carbonyl (C=O) groups excluding carboxylic acids is 2. The van der Waals surface area contributed by atoms with E-state index in [-0.39, 0.29) is 18.4 Å². The fourth-order valence-electron chi connectivity index (χ4n) is 5.24. The number of nitrogens with zero attached hydrogens (tertiary/aromatic N) is 1. The van der Waals surface area contributed by atoms with Gasteiger partial charge in [0.2, 0.25) is 5.91 Å². The van der Waals surface area contributed by atoms with E-state index in [1.54, 1.807) is 0 Å². The highest BCUT2D eigenvalue weighted by Crippen LogP contribution is 2.42. The van der Waals surface area contributed by atoms with Crippen molar-refractivity contribution in [2.75, 3.05) is 40.0 Å². The van der Waals surface area contributed by atoms with Crippen molar-refractivity contribution in [3.05, 3.63) is 59.2 Å². The van der Waals surface area contributed by atoms with Crippen LogP contribution in [0.1, 0.15) is 16.7 Å². The minimum Gasteiger partial charge on any atom is -0.468 e. The Morgan fingerprint density at radius 3 is 2.90 bits per heavy atom. The Morgan fingerprint density at radius 1 is 1.20 bits per heavy atom. The highest BCUT2D eigenvalue weighted by atomic mass is 16.5. The summed E-state index contributed by atoms with van der Waals surface area (Å²) in [7, 11) is 1.32. The van der Waals surface area contributed by atoms with Crippen molar-refractivity contribution in [3.63, 3.8) is 0 Å². The monoisotopic (exact) mass is 406 g/mol. The third-order valence-corrected chi connectivity index (χ3v) is 6.78. The maximum absolute atomic E-state index is 12.9. The van der Waals surface area contributed by atoms with Gasteiger partial charge in [0.05, 0.1) is 25.7 Å². The highest BCUT2D eigenvalue weighted by molar-refractivity contribution is 5.87. The molecule has 0 bridgehead atoms. The summed E-state index contributed by atoms with van der Waals surface area (Å²) in [6.45, 7) is 3.16. The normalized spacial score (nSPS) is 24.2. The quantitative estimate of drug-likeness (QED) is 0.657. The van der Waals surface area contributed by atoms with Gasteiger partial charge in [-0.1, -0.05) is 42.5 Å². The van der Waals surface area contributed by atoms with Gasteiger partial charge in [-0.05, 0) is 34.2 Å². The number of fused-ring (bicyclic) bond motifs is 4. The van der Waals surface area contributed by atoms with Crippen molar-refractivity contribution in [2.45, 2.75) is 13.0 Å². The topological polar surface area (TPSA) is 67.9 Å². The molecule has 156 valence electrons. The van der Waals surface area contributed by atoms with E-state index in [9.17, 15) is 9.59 Å². The van der Waals surface area contributed by atoms with Crippen molar-refractivity contribution in [1.82, 2.24) is 10.2 Å². The average molecular weight is 406 g/mol. The molecule has 2 fully saturated rings. The van der Waals surface area contributed by atoms with E-state index >= 15 is 0 Å². The van der Waals surface area contributed by atoms with Gasteiger partial charge < -0.3 is 14.8 Å². The number of ether oxygens (including phenoxy) is 2. The third-order valence-electron chi connectivity index (χ3n) is 6.78. The van der Waals surface area contributed by atoms with E-state index in [4.69, 9.17) is 4.74 Å². The van der Waals surface area contributed by atoms with Crippen LogP contribution in [0.3, 0.4) is 0 Å². The zero-order valence-corrected chi connectivity index (χ0v) is 17.1. The molecule has 6 nitrogen and oxygen atoms in total. The van der Waals surface area contributed by atoms with Gasteiger partial charge in [-0.3, -0.25) is 14.5 Å². The third kappa shape index (κ3) is 3.20.